The zero-order chi connectivity index (χ0) is 18.6. The number of rotatable bonds is 7. The van der Waals surface area contributed by atoms with Crippen molar-refractivity contribution in [1.82, 2.24) is 0 Å². The summed E-state index contributed by atoms with van der Waals surface area (Å²) < 4.78 is 56.4. The van der Waals surface area contributed by atoms with Gasteiger partial charge in [0, 0.05) is 6.07 Å². The molecule has 134 valence electrons. The van der Waals surface area contributed by atoms with E-state index in [0.29, 0.717) is 5.56 Å². The molecule has 2 aromatic rings. The summed E-state index contributed by atoms with van der Waals surface area (Å²) in [7, 11) is -4.11. The van der Waals surface area contributed by atoms with Gasteiger partial charge in [-0.3, -0.25) is 10.1 Å². The number of nitro groups is 1. The average molecular weight is 374 g/mol. The number of alkyl halides is 2. The molecule has 0 fully saturated rings. The average Bonchev–Trinajstić information content (AvgIpc) is 2.51. The first-order valence-corrected chi connectivity index (χ1v) is 8.19. The first-order chi connectivity index (χ1) is 11.7. The van der Waals surface area contributed by atoms with Crippen LogP contribution < -0.4 is 14.6 Å². The predicted octanol–water partition coefficient (Wildman–Crippen LogP) is 2.42. The lowest BCUT2D eigenvalue weighted by Gasteiger charge is -2.09. The van der Waals surface area contributed by atoms with Crippen molar-refractivity contribution in [2.45, 2.75) is 18.1 Å². The number of benzene rings is 2. The minimum absolute atomic E-state index is 0.0878. The van der Waals surface area contributed by atoms with E-state index in [1.54, 1.807) is 6.07 Å². The molecule has 11 heteroatoms. The Hall–Kier alpha value is -2.79. The molecule has 0 radical (unpaired) electrons. The molecule has 0 bridgehead atoms. The van der Waals surface area contributed by atoms with Crippen molar-refractivity contribution >= 4 is 15.7 Å². The molecular weight excluding hydrogens is 362 g/mol. The highest BCUT2D eigenvalue weighted by Crippen LogP contribution is 2.30. The van der Waals surface area contributed by atoms with Crippen LogP contribution in [-0.4, -0.2) is 20.0 Å². The second-order valence-corrected chi connectivity index (χ2v) is 6.31. The standard InChI is InChI=1S/C14H12F2N2O6S/c15-14(16)24-10-3-1-2-9(6-10)8-23-13-5-4-11(25(17,21)22)7-12(13)18(19)20/h1-7,14H,8H2,(H2,17,21,22). The summed E-state index contributed by atoms with van der Waals surface area (Å²) in [6, 6.07) is 8.54. The van der Waals surface area contributed by atoms with Gasteiger partial charge in [-0.1, -0.05) is 12.1 Å². The summed E-state index contributed by atoms with van der Waals surface area (Å²) in [6.07, 6.45) is 0. The molecule has 0 spiro atoms. The molecular formula is C14H12F2N2O6S. The van der Waals surface area contributed by atoms with Gasteiger partial charge < -0.3 is 9.47 Å². The van der Waals surface area contributed by atoms with E-state index in [1.165, 1.54) is 18.2 Å². The molecule has 0 aliphatic heterocycles. The van der Waals surface area contributed by atoms with Gasteiger partial charge in [0.2, 0.25) is 10.0 Å². The number of nitrogens with zero attached hydrogens (tertiary/aromatic N) is 1. The maximum atomic E-state index is 12.2. The zero-order valence-electron chi connectivity index (χ0n) is 12.5. The van der Waals surface area contributed by atoms with Crippen molar-refractivity contribution in [3.05, 3.63) is 58.1 Å². The van der Waals surface area contributed by atoms with E-state index in [4.69, 9.17) is 9.88 Å². The number of halogens is 2. The fourth-order valence-electron chi connectivity index (χ4n) is 1.91. The van der Waals surface area contributed by atoms with E-state index in [-0.39, 0.29) is 18.1 Å². The molecule has 0 aromatic heterocycles. The lowest BCUT2D eigenvalue weighted by atomic mass is 10.2. The second kappa shape index (κ2) is 7.40. The first-order valence-electron chi connectivity index (χ1n) is 6.64. The van der Waals surface area contributed by atoms with E-state index in [2.05, 4.69) is 4.74 Å². The molecule has 0 aliphatic rings. The highest BCUT2D eigenvalue weighted by molar-refractivity contribution is 7.89. The smallest absolute Gasteiger partial charge is 0.387 e. The number of hydrogen-bond acceptors (Lipinski definition) is 6. The van der Waals surface area contributed by atoms with Gasteiger partial charge >= 0.3 is 12.3 Å². The van der Waals surface area contributed by atoms with Crippen molar-refractivity contribution in [2.75, 3.05) is 0 Å². The highest BCUT2D eigenvalue weighted by atomic mass is 32.2. The van der Waals surface area contributed by atoms with Gasteiger partial charge in [0.1, 0.15) is 12.4 Å². The SMILES string of the molecule is NS(=O)(=O)c1ccc(OCc2cccc(OC(F)F)c2)c([N+](=O)[O-])c1. The zero-order valence-corrected chi connectivity index (χ0v) is 13.3. The highest BCUT2D eigenvalue weighted by Gasteiger charge is 2.20. The Labute approximate surface area is 141 Å². The van der Waals surface area contributed by atoms with Crippen LogP contribution in [0.5, 0.6) is 11.5 Å². The van der Waals surface area contributed by atoms with Crippen LogP contribution in [0, 0.1) is 10.1 Å². The Morgan fingerprint density at radius 2 is 1.92 bits per heavy atom. The normalized spacial score (nSPS) is 11.4. The van der Waals surface area contributed by atoms with Gasteiger partial charge in [0.05, 0.1) is 9.82 Å². The molecule has 8 nitrogen and oxygen atoms in total. The Bertz CT molecular complexity index is 889. The van der Waals surface area contributed by atoms with Crippen LogP contribution in [0.4, 0.5) is 14.5 Å². The fourth-order valence-corrected chi connectivity index (χ4v) is 2.45. The van der Waals surface area contributed by atoms with Gasteiger partial charge in [-0.25, -0.2) is 13.6 Å². The van der Waals surface area contributed by atoms with Crippen LogP contribution in [0.1, 0.15) is 5.56 Å². The summed E-state index contributed by atoms with van der Waals surface area (Å²) in [5.41, 5.74) is -0.172. The Morgan fingerprint density at radius 1 is 1.20 bits per heavy atom. The maximum absolute atomic E-state index is 12.2. The number of hydrogen-bond donors (Lipinski definition) is 1. The van der Waals surface area contributed by atoms with Gasteiger partial charge in [-0.15, -0.1) is 0 Å². The van der Waals surface area contributed by atoms with Crippen LogP contribution >= 0.6 is 0 Å². The van der Waals surface area contributed by atoms with Crippen molar-refractivity contribution in [3.63, 3.8) is 0 Å². The van der Waals surface area contributed by atoms with E-state index in [1.807, 2.05) is 0 Å². The molecule has 2 N–H and O–H groups in total. The van der Waals surface area contributed by atoms with Crippen LogP contribution in [0.15, 0.2) is 47.4 Å². The van der Waals surface area contributed by atoms with Crippen LogP contribution in [-0.2, 0) is 16.6 Å². The number of sulfonamides is 1. The van der Waals surface area contributed by atoms with Crippen LogP contribution in [0.25, 0.3) is 0 Å². The quantitative estimate of drug-likeness (QED) is 0.587. The molecule has 0 atom stereocenters. The van der Waals surface area contributed by atoms with Crippen molar-refractivity contribution in [3.8, 4) is 11.5 Å². The monoisotopic (exact) mass is 374 g/mol. The summed E-state index contributed by atoms with van der Waals surface area (Å²) in [5.74, 6) is -0.284. The van der Waals surface area contributed by atoms with Crippen molar-refractivity contribution in [2.24, 2.45) is 5.14 Å². The Kier molecular flexibility index (Phi) is 5.49. The van der Waals surface area contributed by atoms with Crippen LogP contribution in [0.2, 0.25) is 0 Å². The topological polar surface area (TPSA) is 122 Å². The lowest BCUT2D eigenvalue weighted by molar-refractivity contribution is -0.386. The Balaban J connectivity index is 2.22. The van der Waals surface area contributed by atoms with E-state index < -0.39 is 32.1 Å². The summed E-state index contributed by atoms with van der Waals surface area (Å²) in [4.78, 5) is 9.82. The van der Waals surface area contributed by atoms with Crippen molar-refractivity contribution < 1.29 is 31.6 Å². The number of nitro benzene ring substituents is 1. The second-order valence-electron chi connectivity index (χ2n) is 4.75. The van der Waals surface area contributed by atoms with E-state index >= 15 is 0 Å². The third-order valence-electron chi connectivity index (χ3n) is 2.97. The largest absolute Gasteiger partial charge is 0.482 e. The molecule has 0 heterocycles. The molecule has 2 rings (SSSR count). The first kappa shape index (κ1) is 18.5. The summed E-state index contributed by atoms with van der Waals surface area (Å²) in [6.45, 7) is -3.17. The fraction of sp³-hybridized carbons (Fsp3) is 0.143. The Morgan fingerprint density at radius 3 is 2.52 bits per heavy atom. The lowest BCUT2D eigenvalue weighted by Crippen LogP contribution is -2.12. The van der Waals surface area contributed by atoms with Gasteiger partial charge in [-0.2, -0.15) is 8.78 Å². The molecule has 0 saturated carbocycles. The molecule has 0 unspecified atom stereocenters. The molecule has 25 heavy (non-hydrogen) atoms. The van der Waals surface area contributed by atoms with Crippen molar-refractivity contribution in [1.29, 1.82) is 0 Å². The van der Waals surface area contributed by atoms with Gasteiger partial charge in [0.15, 0.2) is 5.75 Å². The molecule has 0 saturated heterocycles. The number of primary sulfonamides is 1. The minimum atomic E-state index is -4.11. The maximum Gasteiger partial charge on any atom is 0.387 e. The predicted molar refractivity (Wildman–Crippen MR) is 81.9 cm³/mol. The number of ether oxygens (including phenoxy) is 2. The minimum Gasteiger partial charge on any atom is -0.482 e. The van der Waals surface area contributed by atoms with Gasteiger partial charge in [-0.05, 0) is 29.8 Å². The third-order valence-corrected chi connectivity index (χ3v) is 3.88. The van der Waals surface area contributed by atoms with E-state index in [0.717, 1.165) is 18.2 Å². The summed E-state index contributed by atoms with van der Waals surface area (Å²) >= 11 is 0. The van der Waals surface area contributed by atoms with Crippen LogP contribution in [0.3, 0.4) is 0 Å². The summed E-state index contributed by atoms with van der Waals surface area (Å²) in [5, 5.41) is 16.0. The van der Waals surface area contributed by atoms with E-state index in [9.17, 15) is 27.3 Å². The molecule has 0 amide bonds. The number of nitrogens with two attached hydrogens (primary N) is 1. The molecule has 2 aromatic carbocycles. The van der Waals surface area contributed by atoms with Gasteiger partial charge in [0.25, 0.3) is 0 Å². The third kappa shape index (κ3) is 5.09. The molecule has 0 aliphatic carbocycles.